The van der Waals surface area contributed by atoms with E-state index in [0.717, 1.165) is 0 Å². The van der Waals surface area contributed by atoms with E-state index in [1.54, 1.807) is 400 Å². The third-order valence-corrected chi connectivity index (χ3v) is 188. The number of rotatable bonds is 29. The minimum Gasteiger partial charge on any atom is -0.0835 e. The van der Waals surface area contributed by atoms with Gasteiger partial charge in [-0.1, -0.05) is 8.53 Å². The molecule has 61 heavy (non-hydrogen) atoms. The molecule has 0 radical (unpaired) electrons. The van der Waals surface area contributed by atoms with E-state index in [4.69, 9.17) is 0 Å². The Kier molecular flexibility index (Phi) is 102. The summed E-state index contributed by atoms with van der Waals surface area (Å²) in [6.07, 6.45) is 0. The van der Waals surface area contributed by atoms with E-state index in [9.17, 15) is 0 Å². The first-order chi connectivity index (χ1) is 30.4. The zero-order valence-corrected chi connectivity index (χ0v) is 82.0. The zero-order valence-electron chi connectivity index (χ0n) is 27.3. The zero-order chi connectivity index (χ0) is 43.7. The van der Waals surface area contributed by atoms with Gasteiger partial charge < -0.3 is 0 Å². The third kappa shape index (κ3) is 78.6. The molecule has 0 aliphatic rings. The second kappa shape index (κ2) is 78.6. The van der Waals surface area contributed by atoms with Gasteiger partial charge in [0.2, 0.25) is 0 Å². The molecule has 0 nitrogen and oxygen atoms in total. The van der Waals surface area contributed by atoms with Gasteiger partial charge in [-0.15, -0.1) is 0 Å². The first-order valence-electron chi connectivity index (χ1n) is 12.0. The third-order valence-electron chi connectivity index (χ3n) is 2.32. The van der Waals surface area contributed by atoms with Crippen LogP contribution >= 0.6 is 462 Å². The smallest absolute Gasteiger partial charge is 0.0835 e. The van der Waals surface area contributed by atoms with E-state index < -0.39 is 0 Å². The Morgan fingerprint density at radius 3 is 0.295 bits per heavy atom. The summed E-state index contributed by atoms with van der Waals surface area (Å²) in [6, 6.07) is 0. The summed E-state index contributed by atoms with van der Waals surface area (Å²) in [7, 11) is 99.8. The van der Waals surface area contributed by atoms with E-state index in [1.807, 2.05) is 0 Å². The Morgan fingerprint density at radius 1 is 0.131 bits per heavy atom. The van der Waals surface area contributed by atoms with Gasteiger partial charge in [-0.3, -0.25) is 0 Å². The molecule has 0 atom stereocenters. The molecular weight excluding hydrogens is 1890 g/mol. The molecule has 0 saturated heterocycles. The monoisotopic (exact) mass is 1890 g/mol. The molecule has 0 aromatic carbocycles. The summed E-state index contributed by atoms with van der Waals surface area (Å²) in [5.41, 5.74) is 0. The number of hydrogen-bond donors (Lipinski definition) is 0. The predicted molar refractivity (Wildman–Crippen MR) is 424 cm³/mol. The van der Waals surface area contributed by atoms with Crippen LogP contribution in [0.1, 0.15) is 0 Å². The maximum absolute atomic E-state index is 4.23. The van der Waals surface area contributed by atoms with E-state index in [-0.39, 0.29) is 0 Å². The summed E-state index contributed by atoms with van der Waals surface area (Å²) in [5.74, 6) is 0. The minimum atomic E-state index is 1.21. The molecule has 0 aromatic rings. The topological polar surface area (TPSA) is 0 Å². The van der Waals surface area contributed by atoms with Crippen LogP contribution in [0.25, 0.3) is 0 Å². The van der Waals surface area contributed by atoms with Crippen LogP contribution < -0.4 is 0 Å². The summed E-state index contributed by atoms with van der Waals surface area (Å²) in [4.78, 5) is 0. The fraction of sp³-hybridized carbons (Fsp3) is 0. The van der Waals surface area contributed by atoms with E-state index >= 15 is 0 Å². The van der Waals surface area contributed by atoms with Gasteiger partial charge in [0.15, 0.2) is 0 Å². The van der Waals surface area contributed by atoms with Gasteiger partial charge in [0.05, 0.1) is 0 Å². The van der Waals surface area contributed by atoms with Crippen molar-refractivity contribution in [1.29, 1.82) is 0 Å². The van der Waals surface area contributed by atoms with Crippen molar-refractivity contribution in [2.45, 2.75) is 0 Å². The molecule has 0 N–H and O–H groups in total. The van der Waals surface area contributed by atoms with Crippen LogP contribution in [-0.4, -0.2) is 0 Å². The molecule has 0 rings (SSSR count). The Labute approximate surface area is 454 Å². The Balaban J connectivity index is 4.08. The van der Waals surface area contributed by atoms with Gasteiger partial charge in [-0.25, -0.2) is 0 Å². The SMILES string of the molecule is P#P=PP=PP=PP=PP=PP=PP=PP=PP=PP=PP=PP=PP=PP=PP=PP=PP=PP=PP=PP=PP=PP=PP=PP=PP=PP=PP=PP=PP=PP=P. The van der Waals surface area contributed by atoms with Crippen LogP contribution in [0.5, 0.6) is 0 Å². The molecule has 0 saturated carbocycles. The van der Waals surface area contributed by atoms with Crippen molar-refractivity contribution in [2.75, 3.05) is 0 Å². The Morgan fingerprint density at radius 2 is 0.213 bits per heavy atom. The van der Waals surface area contributed by atoms with Crippen LogP contribution in [0.4, 0.5) is 0 Å². The molecule has 0 aliphatic heterocycles. The molecule has 0 spiro atoms. The predicted octanol–water partition coefficient (Wildman–Crippen LogP) is 52.3. The first-order valence-corrected chi connectivity index (χ1v) is 108. The van der Waals surface area contributed by atoms with Crippen molar-refractivity contribution in [1.82, 2.24) is 0 Å². The van der Waals surface area contributed by atoms with Crippen molar-refractivity contribution in [3.05, 3.63) is 0 Å². The summed E-state index contributed by atoms with van der Waals surface area (Å²) >= 11 is 0. The average Bonchev–Trinajstić information content (AvgIpc) is 3.27. The van der Waals surface area contributed by atoms with Gasteiger partial charge in [0.1, 0.15) is 0 Å². The van der Waals surface area contributed by atoms with Crippen LogP contribution in [0.2, 0.25) is 0 Å². The summed E-state index contributed by atoms with van der Waals surface area (Å²) in [5, 5.41) is 0. The van der Waals surface area contributed by atoms with Gasteiger partial charge >= 0.3 is 106 Å². The van der Waals surface area contributed by atoms with E-state index in [1.165, 1.54) is 44.8 Å². The van der Waals surface area contributed by atoms with Gasteiger partial charge in [-0.05, 0) is 60.4 Å². The van der Waals surface area contributed by atoms with Crippen LogP contribution in [-0.2, 0) is 0 Å². The van der Waals surface area contributed by atoms with Gasteiger partial charge in [0, 0.05) is 287 Å². The van der Waals surface area contributed by atoms with Gasteiger partial charge in [-0.2, -0.15) is 0 Å². The molecule has 0 aromatic heterocycles. The fourth-order valence-electron chi connectivity index (χ4n) is 1.02. The van der Waals surface area contributed by atoms with E-state index in [0.29, 0.717) is 0 Å². The second-order valence-corrected chi connectivity index (χ2v) is 143. The molecule has 0 unspecified atom stereocenters. The summed E-state index contributed by atoms with van der Waals surface area (Å²) in [6.45, 7) is 1.21. The Bertz CT molecular complexity index is 2120. The van der Waals surface area contributed by atoms with Crippen molar-refractivity contribution >= 4 is 462 Å². The van der Waals surface area contributed by atoms with Crippen LogP contribution in [0.3, 0.4) is 0 Å². The van der Waals surface area contributed by atoms with Crippen molar-refractivity contribution in [3.8, 4) is 0 Å². The molecule has 0 amide bonds. The molecule has 61 heteroatoms. The van der Waals surface area contributed by atoms with Crippen LogP contribution in [0, 0.1) is 0 Å². The van der Waals surface area contributed by atoms with Crippen molar-refractivity contribution in [2.24, 2.45) is 0 Å². The minimum absolute atomic E-state index is 1.21. The Hall–Kier alpha value is 18.6. The average molecular weight is 1890 g/mol. The van der Waals surface area contributed by atoms with E-state index in [2.05, 4.69) is 16.9 Å². The molecule has 0 fully saturated rings. The quantitative estimate of drug-likeness (QED) is 0.0655. The fourth-order valence-corrected chi connectivity index (χ4v) is 248. The summed E-state index contributed by atoms with van der Waals surface area (Å²) < 4.78 is 0. The van der Waals surface area contributed by atoms with Crippen molar-refractivity contribution < 1.29 is 0 Å². The number of hydrogen-bond acceptors (Lipinski definition) is 0. The van der Waals surface area contributed by atoms with Crippen molar-refractivity contribution in [3.63, 3.8) is 0 Å². The van der Waals surface area contributed by atoms with Crippen LogP contribution in [0.15, 0.2) is 0 Å². The molecule has 306 valence electrons. The standard InChI is InChI=1S/HP61/c1-3-5-7-9-11-13-15-17-19-21-23-25-27-29-31-33-35-37-39-41-43-45-47-49-51-53-55-57-59-61-60-58-56-54-52-50-48-46-44-42-40-38-36-34-32-30-28-26-24-22-20-18-16-14-12-10-8-6-4-2/h1H. The second-order valence-electron chi connectivity index (χ2n) is 5.29. The molecular formula is HP61. The van der Waals surface area contributed by atoms with Gasteiger partial charge in [0.25, 0.3) is 0 Å². The normalized spacial score (nSPS) is 15.4. The molecule has 0 aliphatic carbocycles. The molecule has 0 heterocycles. The molecule has 0 bridgehead atoms. The maximum atomic E-state index is 4.23. The first kappa shape index (κ1) is 79.6.